The van der Waals surface area contributed by atoms with Crippen molar-refractivity contribution in [3.05, 3.63) is 0 Å². The van der Waals surface area contributed by atoms with Crippen LogP contribution in [0.2, 0.25) is 0 Å². The van der Waals surface area contributed by atoms with Crippen molar-refractivity contribution >= 4 is 126 Å². The Morgan fingerprint density at radius 1 is 0.200 bits per heavy atom. The third-order valence-electron chi connectivity index (χ3n) is 16.5. The van der Waals surface area contributed by atoms with Crippen LogP contribution in [-0.2, 0) is 172 Å². The van der Waals surface area contributed by atoms with Gasteiger partial charge in [-0.05, 0) is 6.42 Å². The Morgan fingerprint density at radius 2 is 0.317 bits per heavy atom. The van der Waals surface area contributed by atoms with Gasteiger partial charge >= 0.3 is 43.1 Å². The predicted octanol–water partition coefficient (Wildman–Crippen LogP) is 0.712. The molecule has 0 aromatic heterocycles. The highest BCUT2D eigenvalue weighted by Crippen LogP contribution is 2.26. The molecule has 0 aromatic rings. The number of hydroxylamine groups is 14. The van der Waals surface area contributed by atoms with Gasteiger partial charge in [0, 0.05) is 194 Å². The van der Waals surface area contributed by atoms with Gasteiger partial charge < -0.3 is 76.2 Å². The molecule has 0 aliphatic carbocycles. The van der Waals surface area contributed by atoms with Crippen LogP contribution < -0.4 is 0 Å². The van der Waals surface area contributed by atoms with E-state index in [1.54, 1.807) is 0 Å². The number of carbonyl (C=O) groups excluding carboxylic acids is 21. The molecule has 0 bridgehead atoms. The largest absolute Gasteiger partial charge is 0.533 e. The molecular formula is C69H93N7O44. The van der Waals surface area contributed by atoms with Crippen molar-refractivity contribution in [1.29, 1.82) is 0 Å². The van der Waals surface area contributed by atoms with Crippen molar-refractivity contribution < 1.29 is 211 Å². The van der Waals surface area contributed by atoms with Gasteiger partial charge in [0.15, 0.2) is 0 Å². The topological polar surface area (TPSA) is 604 Å². The Kier molecular flexibility index (Phi) is 42.5. The zero-order valence-electron chi connectivity index (χ0n) is 65.2. The van der Waals surface area contributed by atoms with Crippen LogP contribution in [0.1, 0.15) is 141 Å². The first kappa shape index (κ1) is 97.3. The Balaban J connectivity index is 0.000000377. The molecule has 7 saturated heterocycles. The highest BCUT2D eigenvalue weighted by atomic mass is 16.9. The van der Waals surface area contributed by atoms with Crippen LogP contribution in [0.15, 0.2) is 0 Å². The Morgan fingerprint density at radius 3 is 0.433 bits per heavy atom. The number of hydrogen-bond donors (Lipinski definition) is 1. The molecule has 0 radical (unpaired) electrons. The number of nitrogens with zero attached hydrogens (tertiary/aromatic N) is 7. The molecular weight excluding hydrogens is 1630 g/mol. The SMILES string of the molecule is O=C(OCCCOCC(COCCCO)(COCCCOC(=O)ON1C(=O)CCC1=O)COCCCOC(=O)ON1C(=O)CCC1=O)ON1C(=O)CCC1=O.O=C(OCCCOCC(COCCCOC(=O)ON1C(=O)CCC1=O)(COCCCOC(=O)ON1C(=O)CCC1=O)COCCCOC(=O)ON1C(=O)CCC1=O)ON1C(=O)CCC1=O. The predicted molar refractivity (Wildman–Crippen MR) is 370 cm³/mol. The maximum absolute atomic E-state index is 12.0. The molecule has 7 heterocycles. The summed E-state index contributed by atoms with van der Waals surface area (Å²) in [6.45, 7) is -1.87. The highest BCUT2D eigenvalue weighted by Gasteiger charge is 2.41. The Labute approximate surface area is 680 Å². The summed E-state index contributed by atoms with van der Waals surface area (Å²) in [6.07, 6.45) is -8.72. The van der Waals surface area contributed by atoms with E-state index in [1.807, 2.05) is 0 Å². The fourth-order valence-electron chi connectivity index (χ4n) is 10.5. The van der Waals surface area contributed by atoms with Crippen LogP contribution in [0.25, 0.3) is 0 Å². The maximum atomic E-state index is 12.0. The van der Waals surface area contributed by atoms with Crippen LogP contribution in [-0.4, -0.2) is 325 Å². The van der Waals surface area contributed by atoms with Gasteiger partial charge in [0.25, 0.3) is 82.7 Å². The molecule has 51 nitrogen and oxygen atoms in total. The zero-order valence-corrected chi connectivity index (χ0v) is 65.2. The normalized spacial score (nSPS) is 16.3. The van der Waals surface area contributed by atoms with Gasteiger partial charge in [-0.1, -0.05) is 35.4 Å². The standard InChI is InChI=1S/C37H48N4O24.C32H45N3O20/c42-25-5-6-26(43)38(25)62-33(50)58-17-1-13-54-21-37(22-55-14-2-18-59-34(51)63-39-27(44)7-8-28(39)45,23-56-15-3-19-60-35(52)64-40-29(46)9-10-30(40)47)24-57-16-4-20-61-36(53)65-41-31(48)11-12-32(41)49;36-11-1-12-46-19-32(20-47-13-2-16-50-29(43)53-33-23(37)5-6-24(33)38,21-48-14-3-17-51-30(44)54-34-25(39)7-8-26(34)40)22-49-15-4-18-52-31(45)55-35-27(41)9-10-28(35)42/h1-24H2;36H,1-22H2. The summed E-state index contributed by atoms with van der Waals surface area (Å²) < 4.78 is 81.4. The van der Waals surface area contributed by atoms with Gasteiger partial charge in [-0.2, -0.15) is 0 Å². The van der Waals surface area contributed by atoms with Crippen molar-refractivity contribution in [3.63, 3.8) is 0 Å². The fraction of sp³-hybridized carbons (Fsp3) is 0.696. The number of carbonyl (C=O) groups is 21. The summed E-state index contributed by atoms with van der Waals surface area (Å²) in [5.74, 6) is -9.43. The quantitative estimate of drug-likeness (QED) is 0.0379. The molecule has 7 aliphatic heterocycles. The Hall–Kier alpha value is -11.5. The number of aliphatic hydroxyl groups excluding tert-OH is 1. The van der Waals surface area contributed by atoms with Crippen LogP contribution in [0.4, 0.5) is 33.6 Å². The number of imide groups is 7. The minimum absolute atomic E-state index is 0.0191. The molecule has 0 aromatic carbocycles. The van der Waals surface area contributed by atoms with Crippen molar-refractivity contribution in [2.75, 3.05) is 159 Å². The van der Waals surface area contributed by atoms with E-state index in [0.29, 0.717) is 41.9 Å². The van der Waals surface area contributed by atoms with Crippen LogP contribution in [0.3, 0.4) is 0 Å². The number of ether oxygens (including phenoxy) is 15. The van der Waals surface area contributed by atoms with Crippen molar-refractivity contribution in [2.24, 2.45) is 10.8 Å². The van der Waals surface area contributed by atoms with E-state index in [1.165, 1.54) is 0 Å². The number of aliphatic hydroxyl groups is 1. The van der Waals surface area contributed by atoms with E-state index in [4.69, 9.17) is 71.1 Å². The molecule has 0 unspecified atom stereocenters. The number of hydrogen-bond acceptors (Lipinski definition) is 44. The monoisotopic (exact) mass is 1720 g/mol. The molecule has 0 atom stereocenters. The van der Waals surface area contributed by atoms with Crippen molar-refractivity contribution in [3.8, 4) is 0 Å². The average Bonchev–Trinajstić information content (AvgIpc) is 1.76. The summed E-state index contributed by atoms with van der Waals surface area (Å²) >= 11 is 0. The van der Waals surface area contributed by atoms with E-state index in [2.05, 4.69) is 33.9 Å². The van der Waals surface area contributed by atoms with E-state index in [9.17, 15) is 106 Å². The number of amides is 14. The lowest BCUT2D eigenvalue weighted by atomic mass is 9.92. The van der Waals surface area contributed by atoms with E-state index < -0.39 is 137 Å². The lowest BCUT2D eigenvalue weighted by molar-refractivity contribution is -0.178. The van der Waals surface area contributed by atoms with Gasteiger partial charge in [-0.3, -0.25) is 101 Å². The second-order valence-corrected chi connectivity index (χ2v) is 26.4. The van der Waals surface area contributed by atoms with Crippen LogP contribution in [0.5, 0.6) is 0 Å². The molecule has 7 aliphatic rings. The first-order valence-corrected chi connectivity index (χ1v) is 37.8. The average molecular weight is 1720 g/mol. The second kappa shape index (κ2) is 52.4. The summed E-state index contributed by atoms with van der Waals surface area (Å²) in [5.41, 5.74) is -2.10. The van der Waals surface area contributed by atoms with Crippen LogP contribution >= 0.6 is 0 Å². The summed E-state index contributed by atoms with van der Waals surface area (Å²) in [7, 11) is 0. The van der Waals surface area contributed by atoms with Crippen molar-refractivity contribution in [1.82, 2.24) is 35.4 Å². The van der Waals surface area contributed by atoms with Gasteiger partial charge in [-0.15, -0.1) is 0 Å². The molecule has 0 saturated carbocycles. The van der Waals surface area contributed by atoms with E-state index in [-0.39, 0.29) is 293 Å². The maximum Gasteiger partial charge on any atom is 0.533 e. The summed E-state index contributed by atoms with van der Waals surface area (Å²) in [6, 6.07) is 0. The van der Waals surface area contributed by atoms with Gasteiger partial charge in [-0.25, -0.2) is 33.6 Å². The first-order valence-electron chi connectivity index (χ1n) is 37.8. The van der Waals surface area contributed by atoms with Gasteiger partial charge in [0.1, 0.15) is 0 Å². The summed E-state index contributed by atoms with van der Waals surface area (Å²) in [4.78, 5) is 280. The lowest BCUT2D eigenvalue weighted by Gasteiger charge is -2.33. The van der Waals surface area contributed by atoms with E-state index in [0.717, 1.165) is 0 Å². The third kappa shape index (κ3) is 34.8. The molecule has 0 spiro atoms. The molecule has 120 heavy (non-hydrogen) atoms. The first-order chi connectivity index (χ1) is 57.6. The Bertz CT molecular complexity index is 3100. The third-order valence-corrected chi connectivity index (χ3v) is 16.5. The molecule has 7 fully saturated rings. The molecule has 14 amide bonds. The fourth-order valence-corrected chi connectivity index (χ4v) is 10.5. The molecule has 1 N–H and O–H groups in total. The smallest absolute Gasteiger partial charge is 0.433 e. The van der Waals surface area contributed by atoms with Crippen molar-refractivity contribution in [2.45, 2.75) is 141 Å². The van der Waals surface area contributed by atoms with E-state index >= 15 is 0 Å². The second-order valence-electron chi connectivity index (χ2n) is 26.4. The highest BCUT2D eigenvalue weighted by molar-refractivity contribution is 6.05. The minimum atomic E-state index is -1.28. The zero-order chi connectivity index (χ0) is 87.2. The molecule has 51 heteroatoms. The molecule has 7 rings (SSSR count). The lowest BCUT2D eigenvalue weighted by Crippen LogP contribution is -2.42. The molecule has 668 valence electrons. The minimum Gasteiger partial charge on any atom is -0.433 e. The van der Waals surface area contributed by atoms with Gasteiger partial charge in [0.05, 0.1) is 110 Å². The number of rotatable bonds is 54. The van der Waals surface area contributed by atoms with Gasteiger partial charge in [0.2, 0.25) is 0 Å². The summed E-state index contributed by atoms with van der Waals surface area (Å²) in [5, 5.41) is 11.6. The van der Waals surface area contributed by atoms with Crippen LogP contribution in [0, 0.1) is 10.8 Å².